The number of ether oxygens (including phenoxy) is 1. The van der Waals surface area contributed by atoms with Gasteiger partial charge >= 0.3 is 7.60 Å². The number of hydrogen-bond acceptors (Lipinski definition) is 2. The highest BCUT2D eigenvalue weighted by atomic mass is 31.2. The Hall–Kier alpha value is -1.61. The van der Waals surface area contributed by atoms with E-state index in [1.165, 1.54) is 6.07 Å². The Balaban J connectivity index is 2.19. The molecule has 0 spiro atoms. The smallest absolute Gasteiger partial charge is 0.359 e. The first kappa shape index (κ1) is 13.8. The Bertz CT molecular complexity index is 618. The summed E-state index contributed by atoms with van der Waals surface area (Å²) in [6, 6.07) is 14.0. The van der Waals surface area contributed by atoms with Crippen LogP contribution in [0.3, 0.4) is 0 Å². The Labute approximate surface area is 111 Å². The minimum atomic E-state index is -4.31. The van der Waals surface area contributed by atoms with Gasteiger partial charge in [0.15, 0.2) is 0 Å². The zero-order valence-corrected chi connectivity index (χ0v) is 11.4. The van der Waals surface area contributed by atoms with Gasteiger partial charge in [-0.2, -0.15) is 0 Å². The van der Waals surface area contributed by atoms with Gasteiger partial charge in [0.05, 0.1) is 0 Å². The molecule has 2 aromatic rings. The lowest BCUT2D eigenvalue weighted by Crippen LogP contribution is -2.09. The van der Waals surface area contributed by atoms with Crippen molar-refractivity contribution in [1.29, 1.82) is 0 Å². The second-order valence-corrected chi connectivity index (χ2v) is 5.86. The van der Waals surface area contributed by atoms with Gasteiger partial charge in [0, 0.05) is 0 Å². The molecule has 5 heteroatoms. The molecule has 0 aliphatic carbocycles. The van der Waals surface area contributed by atoms with Gasteiger partial charge in [-0.15, -0.1) is 0 Å². The number of aryl methyl sites for hydroxylation is 1. The van der Waals surface area contributed by atoms with Crippen molar-refractivity contribution in [3.63, 3.8) is 0 Å². The molecule has 0 atom stereocenters. The molecule has 0 heterocycles. The van der Waals surface area contributed by atoms with Crippen LogP contribution in [0.2, 0.25) is 0 Å². The predicted octanol–water partition coefficient (Wildman–Crippen LogP) is 2.38. The molecule has 4 nitrogen and oxygen atoms in total. The molecule has 0 aliphatic heterocycles. The van der Waals surface area contributed by atoms with Crippen LogP contribution < -0.4 is 10.0 Å². The van der Waals surface area contributed by atoms with E-state index in [4.69, 9.17) is 4.74 Å². The summed E-state index contributed by atoms with van der Waals surface area (Å²) in [5.74, 6) is 0.220. The van der Waals surface area contributed by atoms with Crippen molar-refractivity contribution in [2.75, 3.05) is 0 Å². The van der Waals surface area contributed by atoms with Gasteiger partial charge in [-0.25, -0.2) is 0 Å². The van der Waals surface area contributed by atoms with Crippen molar-refractivity contribution < 1.29 is 19.1 Å². The van der Waals surface area contributed by atoms with Crippen LogP contribution in [0.5, 0.6) is 5.75 Å². The van der Waals surface area contributed by atoms with Gasteiger partial charge in [-0.1, -0.05) is 42.0 Å². The summed E-state index contributed by atoms with van der Waals surface area (Å²) in [6.07, 6.45) is 0. The van der Waals surface area contributed by atoms with Crippen LogP contribution in [-0.4, -0.2) is 9.79 Å². The van der Waals surface area contributed by atoms with E-state index in [0.29, 0.717) is 0 Å². The van der Waals surface area contributed by atoms with Crippen LogP contribution >= 0.6 is 7.60 Å². The predicted molar refractivity (Wildman–Crippen MR) is 73.6 cm³/mol. The third-order valence-electron chi connectivity index (χ3n) is 2.66. The van der Waals surface area contributed by atoms with Crippen molar-refractivity contribution in [2.45, 2.75) is 13.5 Å². The molecule has 0 amide bonds. The highest BCUT2D eigenvalue weighted by molar-refractivity contribution is 7.60. The monoisotopic (exact) mass is 278 g/mol. The first-order chi connectivity index (χ1) is 8.97. The van der Waals surface area contributed by atoms with Crippen LogP contribution in [0.25, 0.3) is 0 Å². The van der Waals surface area contributed by atoms with Crippen molar-refractivity contribution in [3.8, 4) is 5.75 Å². The molecule has 0 saturated heterocycles. The second kappa shape index (κ2) is 5.57. The zero-order chi connectivity index (χ0) is 13.9. The molecule has 2 rings (SSSR count). The molecular formula is C14H15O4P. The van der Waals surface area contributed by atoms with E-state index in [-0.39, 0.29) is 17.7 Å². The molecular weight excluding hydrogens is 263 g/mol. The van der Waals surface area contributed by atoms with Gasteiger partial charge in [0.1, 0.15) is 17.7 Å². The summed E-state index contributed by atoms with van der Waals surface area (Å²) in [6.45, 7) is 2.26. The first-order valence-corrected chi connectivity index (χ1v) is 7.41. The molecule has 0 fully saturated rings. The molecule has 0 radical (unpaired) electrons. The maximum Gasteiger partial charge on any atom is 0.359 e. The number of benzene rings is 2. The maximum atomic E-state index is 11.3. The van der Waals surface area contributed by atoms with E-state index in [1.807, 2.05) is 31.2 Å². The lowest BCUT2D eigenvalue weighted by atomic mass is 10.1. The Morgan fingerprint density at radius 2 is 1.84 bits per heavy atom. The minimum absolute atomic E-state index is 0.0809. The van der Waals surface area contributed by atoms with Crippen molar-refractivity contribution in [2.24, 2.45) is 0 Å². The van der Waals surface area contributed by atoms with Gasteiger partial charge < -0.3 is 14.5 Å². The molecule has 0 bridgehead atoms. The van der Waals surface area contributed by atoms with E-state index < -0.39 is 7.60 Å². The third kappa shape index (κ3) is 3.67. The lowest BCUT2D eigenvalue weighted by Gasteiger charge is -2.12. The third-order valence-corrected chi connectivity index (χ3v) is 3.65. The highest BCUT2D eigenvalue weighted by Crippen LogP contribution is 2.37. The normalized spacial score (nSPS) is 11.3. The van der Waals surface area contributed by atoms with Gasteiger partial charge in [-0.05, 0) is 24.6 Å². The second-order valence-electron chi connectivity index (χ2n) is 4.29. The van der Waals surface area contributed by atoms with Crippen LogP contribution in [-0.2, 0) is 11.2 Å². The molecule has 100 valence electrons. The van der Waals surface area contributed by atoms with Crippen molar-refractivity contribution in [1.82, 2.24) is 0 Å². The van der Waals surface area contributed by atoms with Gasteiger partial charge in [0.25, 0.3) is 0 Å². The Morgan fingerprint density at radius 3 is 2.53 bits per heavy atom. The van der Waals surface area contributed by atoms with Gasteiger partial charge in [-0.3, -0.25) is 4.57 Å². The number of para-hydroxylation sites is 1. The molecule has 0 saturated carbocycles. The van der Waals surface area contributed by atoms with E-state index in [1.54, 1.807) is 18.2 Å². The zero-order valence-electron chi connectivity index (χ0n) is 10.5. The fraction of sp³-hybridized carbons (Fsp3) is 0.143. The van der Waals surface area contributed by atoms with Crippen LogP contribution in [0.4, 0.5) is 0 Å². The lowest BCUT2D eigenvalue weighted by molar-refractivity contribution is 0.306. The summed E-state index contributed by atoms with van der Waals surface area (Å²) in [7, 11) is -4.31. The standard InChI is InChI=1S/C14H15O4P/c1-11-5-4-6-12(9-11)10-18-13-7-2-3-8-14(13)19(15,16)17/h2-9H,10H2,1H3,(H2,15,16,17). The minimum Gasteiger partial charge on any atom is -0.488 e. The molecule has 0 aromatic heterocycles. The summed E-state index contributed by atoms with van der Waals surface area (Å²) >= 11 is 0. The topological polar surface area (TPSA) is 66.8 Å². The molecule has 2 N–H and O–H groups in total. The molecule has 2 aromatic carbocycles. The largest absolute Gasteiger partial charge is 0.488 e. The maximum absolute atomic E-state index is 11.3. The van der Waals surface area contributed by atoms with E-state index >= 15 is 0 Å². The van der Waals surface area contributed by atoms with Gasteiger partial charge in [0.2, 0.25) is 0 Å². The Kier molecular flexibility index (Phi) is 4.05. The fourth-order valence-electron chi connectivity index (χ4n) is 1.78. The first-order valence-electron chi connectivity index (χ1n) is 5.80. The average Bonchev–Trinajstić information content (AvgIpc) is 2.36. The van der Waals surface area contributed by atoms with E-state index in [9.17, 15) is 14.4 Å². The summed E-state index contributed by atoms with van der Waals surface area (Å²) in [4.78, 5) is 18.5. The summed E-state index contributed by atoms with van der Waals surface area (Å²) in [5, 5.41) is -0.0809. The molecule has 19 heavy (non-hydrogen) atoms. The van der Waals surface area contributed by atoms with Crippen LogP contribution in [0, 0.1) is 6.92 Å². The molecule has 0 aliphatic rings. The number of rotatable bonds is 4. The highest BCUT2D eigenvalue weighted by Gasteiger charge is 2.21. The Morgan fingerprint density at radius 1 is 1.11 bits per heavy atom. The van der Waals surface area contributed by atoms with E-state index in [0.717, 1.165) is 11.1 Å². The summed E-state index contributed by atoms with van der Waals surface area (Å²) in [5.41, 5.74) is 2.07. The van der Waals surface area contributed by atoms with E-state index in [2.05, 4.69) is 0 Å². The van der Waals surface area contributed by atoms with Crippen molar-refractivity contribution >= 4 is 12.9 Å². The molecule has 0 unspecified atom stereocenters. The number of hydrogen-bond donors (Lipinski definition) is 2. The quantitative estimate of drug-likeness (QED) is 0.843. The average molecular weight is 278 g/mol. The van der Waals surface area contributed by atoms with Crippen molar-refractivity contribution in [3.05, 3.63) is 59.7 Å². The summed E-state index contributed by atoms with van der Waals surface area (Å²) < 4.78 is 16.8. The SMILES string of the molecule is Cc1cccc(COc2ccccc2P(=O)(O)O)c1. The van der Waals surface area contributed by atoms with Crippen LogP contribution in [0.15, 0.2) is 48.5 Å². The van der Waals surface area contributed by atoms with Crippen LogP contribution in [0.1, 0.15) is 11.1 Å². The fourth-order valence-corrected chi connectivity index (χ4v) is 2.49.